The van der Waals surface area contributed by atoms with Gasteiger partial charge in [-0.3, -0.25) is 14.4 Å². The average Bonchev–Trinajstić information content (AvgIpc) is 1.68. The summed E-state index contributed by atoms with van der Waals surface area (Å²) in [6.07, 6.45) is 11.9. The van der Waals surface area contributed by atoms with Crippen molar-refractivity contribution in [2.45, 2.75) is 146 Å². The fourth-order valence-corrected chi connectivity index (χ4v) is 18.9. The van der Waals surface area contributed by atoms with Crippen LogP contribution in [0.15, 0.2) is 140 Å². The SMILES string of the molecule is CC[C@@]12CC[C@@H](c3ccc(Cl)cc3Cl)[C@H](c3ccc(Cl)cc3)[C@@H]1[C@@H](CO)NC2=O.CC[C@H]1NC(=O)[C@]2(CC)C=C[C@@H](c3ccc(Cl)cc3Cl)[C@H](c3ccc(Cl)cc3)[C@H]12.CC[C@H]1NC(=O)[C@]2(CC)CC[C@@H](c3ccc(Cl)cc3Cl)[C@H](c3ccc(Cl)cc3)[C@H]12. The smallest absolute Gasteiger partial charge is 0.230 e. The Balaban J connectivity index is 0.000000144. The van der Waals surface area contributed by atoms with Gasteiger partial charge in [0.1, 0.15) is 0 Å². The molecule has 16 heteroatoms. The van der Waals surface area contributed by atoms with E-state index < -0.39 is 10.8 Å². The van der Waals surface area contributed by atoms with Crippen molar-refractivity contribution in [2.24, 2.45) is 34.0 Å². The van der Waals surface area contributed by atoms with E-state index >= 15 is 0 Å². The van der Waals surface area contributed by atoms with E-state index in [-0.39, 0.29) is 101 Å². The van der Waals surface area contributed by atoms with Crippen molar-refractivity contribution in [3.05, 3.63) is 218 Å². The van der Waals surface area contributed by atoms with Crippen LogP contribution in [0.3, 0.4) is 0 Å². The number of carbonyl (C=O) groups excluding carboxylic acids is 3. The molecular formula is C71H74Cl9N3O4. The predicted octanol–water partition coefficient (Wildman–Crippen LogP) is 20.0. The first kappa shape index (κ1) is 66.0. The lowest BCUT2D eigenvalue weighted by molar-refractivity contribution is -0.132. The van der Waals surface area contributed by atoms with Gasteiger partial charge in [-0.25, -0.2) is 0 Å². The summed E-state index contributed by atoms with van der Waals surface area (Å²) >= 11 is 56.9. The van der Waals surface area contributed by atoms with Gasteiger partial charge in [0.15, 0.2) is 0 Å². The van der Waals surface area contributed by atoms with Crippen LogP contribution in [0.1, 0.15) is 161 Å². The quantitative estimate of drug-likeness (QED) is 0.0916. The highest BCUT2D eigenvalue weighted by atomic mass is 35.5. The molecule has 5 fully saturated rings. The van der Waals surface area contributed by atoms with Crippen molar-refractivity contribution in [3.63, 3.8) is 0 Å². The van der Waals surface area contributed by atoms with Gasteiger partial charge in [0.05, 0.1) is 28.9 Å². The van der Waals surface area contributed by atoms with Gasteiger partial charge in [0.25, 0.3) is 0 Å². The Kier molecular flexibility index (Phi) is 20.8. The number of nitrogens with one attached hydrogen (secondary N) is 3. The van der Waals surface area contributed by atoms with Crippen molar-refractivity contribution in [2.75, 3.05) is 6.61 Å². The van der Waals surface area contributed by atoms with E-state index in [0.29, 0.717) is 40.2 Å². The summed E-state index contributed by atoms with van der Waals surface area (Å²) in [5.74, 6) is 1.43. The Hall–Kier alpha value is -3.96. The summed E-state index contributed by atoms with van der Waals surface area (Å²) in [5.41, 5.74) is 5.41. The Morgan fingerprint density at radius 1 is 0.425 bits per heavy atom. The van der Waals surface area contributed by atoms with Crippen LogP contribution in [0, 0.1) is 34.0 Å². The standard InChI is InChI=1S/C24H26Cl3NO.C24H24Cl3NO.C23H24Cl3NO2/c2*1-3-20-22-21(14-5-7-15(25)8-6-14)18(17-10-9-16(26)13-19(17)27)11-12-24(22,4-2)23(29)28-20;1-2-23-10-9-17(16-8-7-15(25)11-18(16)26)20(13-3-5-14(24)6-4-13)21(23)19(12-28)27-22(23)29/h5-10,13,18,20-22H,3-4,11-12H2,1-2H3,(H,28,29);5-13,18,20-22H,3-4H2,1-2H3,(H,28,29);3-8,11,17,19-21,28H,2,9-10,12H2,1H3,(H,27,29)/t2*18-,20+,21-,22-,24+;17-,19+,20-,21-,23+/m000/s1. The summed E-state index contributed by atoms with van der Waals surface area (Å²) in [7, 11) is 0. The molecule has 6 aromatic carbocycles. The maximum Gasteiger partial charge on any atom is 0.230 e. The monoisotopic (exact) mass is 1350 g/mol. The zero-order chi connectivity index (χ0) is 62.3. The van der Waals surface area contributed by atoms with Gasteiger partial charge in [-0.15, -0.1) is 0 Å². The third-order valence-corrected chi connectivity index (χ3v) is 23.4. The second-order valence-electron chi connectivity index (χ2n) is 24.6. The second kappa shape index (κ2) is 27.5. The summed E-state index contributed by atoms with van der Waals surface area (Å²) in [4.78, 5) is 39.3. The van der Waals surface area contributed by atoms with Crippen LogP contribution >= 0.6 is 104 Å². The zero-order valence-electron chi connectivity index (χ0n) is 49.4. The van der Waals surface area contributed by atoms with Gasteiger partial charge in [-0.05, 0) is 188 Å². The molecule has 4 N–H and O–H groups in total. The van der Waals surface area contributed by atoms with Crippen LogP contribution in [0.5, 0.6) is 0 Å². The van der Waals surface area contributed by atoms with Crippen molar-refractivity contribution >= 4 is 122 Å². The molecular weight excluding hydrogens is 1280 g/mol. The van der Waals surface area contributed by atoms with E-state index in [4.69, 9.17) is 104 Å². The van der Waals surface area contributed by atoms with Gasteiger partial charge in [-0.2, -0.15) is 0 Å². The minimum atomic E-state index is -0.500. The predicted molar refractivity (Wildman–Crippen MR) is 360 cm³/mol. The Morgan fingerprint density at radius 3 is 1.16 bits per heavy atom. The molecule has 15 atom stereocenters. The average molecular weight is 1350 g/mol. The van der Waals surface area contributed by atoms with E-state index in [2.05, 4.69) is 93.1 Å². The highest BCUT2D eigenvalue weighted by Crippen LogP contribution is 2.63. The first-order chi connectivity index (χ1) is 41.7. The lowest BCUT2D eigenvalue weighted by Crippen LogP contribution is -2.45. The molecule has 0 unspecified atom stereocenters. The minimum absolute atomic E-state index is 0.0238. The minimum Gasteiger partial charge on any atom is -0.394 e. The normalized spacial score (nSPS) is 31.2. The summed E-state index contributed by atoms with van der Waals surface area (Å²) in [6.45, 7) is 10.5. The Labute approximate surface area is 557 Å². The summed E-state index contributed by atoms with van der Waals surface area (Å²) in [5, 5.41) is 25.7. The third-order valence-electron chi connectivity index (χ3n) is 21.0. The molecule has 3 saturated heterocycles. The fourth-order valence-electron chi connectivity index (χ4n) is 16.8. The first-order valence-electron chi connectivity index (χ1n) is 30.6. The van der Waals surface area contributed by atoms with Gasteiger partial charge >= 0.3 is 0 Å². The van der Waals surface area contributed by atoms with Crippen LogP contribution in [0.2, 0.25) is 45.2 Å². The molecule has 12 rings (SSSR count). The molecule has 7 nitrogen and oxygen atoms in total. The number of aliphatic hydroxyl groups excluding tert-OH is 1. The van der Waals surface area contributed by atoms with Gasteiger partial charge in [0, 0.05) is 86.9 Å². The number of hydrogen-bond donors (Lipinski definition) is 4. The highest BCUT2D eigenvalue weighted by Gasteiger charge is 2.62. The largest absolute Gasteiger partial charge is 0.394 e. The van der Waals surface area contributed by atoms with Crippen molar-refractivity contribution in [1.82, 2.24) is 16.0 Å². The highest BCUT2D eigenvalue weighted by molar-refractivity contribution is 6.36. The van der Waals surface area contributed by atoms with E-state index in [1.165, 1.54) is 11.1 Å². The molecule has 3 aliphatic heterocycles. The van der Waals surface area contributed by atoms with Crippen LogP contribution in [0.4, 0.5) is 0 Å². The second-order valence-corrected chi connectivity index (χ2v) is 28.5. The molecule has 0 aromatic heterocycles. The van der Waals surface area contributed by atoms with E-state index in [9.17, 15) is 19.5 Å². The van der Waals surface area contributed by atoms with Crippen LogP contribution in [-0.4, -0.2) is 47.6 Å². The van der Waals surface area contributed by atoms with Crippen molar-refractivity contribution in [1.29, 1.82) is 0 Å². The van der Waals surface area contributed by atoms with Crippen molar-refractivity contribution in [3.8, 4) is 0 Å². The first-order valence-corrected chi connectivity index (χ1v) is 34.0. The number of aliphatic hydroxyl groups is 1. The van der Waals surface area contributed by atoms with E-state index in [1.807, 2.05) is 84.9 Å². The number of carbonyl (C=O) groups is 3. The topological polar surface area (TPSA) is 108 Å². The summed E-state index contributed by atoms with van der Waals surface area (Å²) in [6, 6.07) is 41.1. The lowest BCUT2D eigenvalue weighted by Gasteiger charge is -2.48. The van der Waals surface area contributed by atoms with Crippen LogP contribution in [0.25, 0.3) is 0 Å². The Morgan fingerprint density at radius 2 is 0.782 bits per heavy atom. The van der Waals surface area contributed by atoms with Gasteiger partial charge < -0.3 is 21.1 Å². The lowest BCUT2D eigenvalue weighted by atomic mass is 9.54. The van der Waals surface area contributed by atoms with E-state index in [1.54, 1.807) is 12.1 Å². The molecule has 0 spiro atoms. The number of hydrogen-bond acceptors (Lipinski definition) is 4. The molecule has 6 aliphatic rings. The molecule has 0 bridgehead atoms. The number of rotatable bonds is 12. The van der Waals surface area contributed by atoms with Crippen LogP contribution < -0.4 is 16.0 Å². The molecule has 3 heterocycles. The van der Waals surface area contributed by atoms with Gasteiger partial charge in [0.2, 0.25) is 17.7 Å². The number of fused-ring (bicyclic) bond motifs is 3. The van der Waals surface area contributed by atoms with Crippen molar-refractivity contribution < 1.29 is 19.5 Å². The Bertz CT molecular complexity index is 3360. The molecule has 460 valence electrons. The molecule has 2 saturated carbocycles. The number of amides is 3. The maximum absolute atomic E-state index is 13.1. The number of halogens is 9. The van der Waals surface area contributed by atoms with E-state index in [0.717, 1.165) is 85.1 Å². The zero-order valence-corrected chi connectivity index (χ0v) is 56.2. The maximum atomic E-state index is 13.1. The molecule has 3 aliphatic carbocycles. The van der Waals surface area contributed by atoms with Crippen LogP contribution in [-0.2, 0) is 14.4 Å². The summed E-state index contributed by atoms with van der Waals surface area (Å²) < 4.78 is 0. The molecule has 0 radical (unpaired) electrons. The number of benzene rings is 6. The molecule has 3 amide bonds. The molecule has 6 aromatic rings. The number of allylic oxidation sites excluding steroid dienone is 1. The third kappa shape index (κ3) is 12.4. The fraction of sp³-hybridized carbons (Fsp3) is 0.423. The molecule has 87 heavy (non-hydrogen) atoms. The van der Waals surface area contributed by atoms with Gasteiger partial charge in [-0.1, -0.05) is 206 Å².